The van der Waals surface area contributed by atoms with Crippen molar-refractivity contribution in [1.82, 2.24) is 10.2 Å². The van der Waals surface area contributed by atoms with Gasteiger partial charge in [0.25, 0.3) is 0 Å². The molecule has 1 aromatic rings. The Kier molecular flexibility index (Phi) is 4.62. The third-order valence-electron chi connectivity index (χ3n) is 4.57. The Morgan fingerprint density at radius 3 is 2.54 bits per heavy atom. The van der Waals surface area contributed by atoms with E-state index in [-0.39, 0.29) is 41.3 Å². The van der Waals surface area contributed by atoms with Gasteiger partial charge in [0.1, 0.15) is 0 Å². The van der Waals surface area contributed by atoms with E-state index in [4.69, 9.17) is 0 Å². The first-order valence-corrected chi connectivity index (χ1v) is 9.88. The molecule has 1 aliphatic carbocycles. The third kappa shape index (κ3) is 3.77. The molecule has 1 heterocycles. The van der Waals surface area contributed by atoms with Crippen LogP contribution in [0.3, 0.4) is 0 Å². The van der Waals surface area contributed by atoms with Gasteiger partial charge in [-0.2, -0.15) is 0 Å². The Hall–Kier alpha value is -1.89. The highest BCUT2D eigenvalue weighted by Gasteiger charge is 2.41. The van der Waals surface area contributed by atoms with Crippen molar-refractivity contribution < 1.29 is 18.0 Å². The zero-order chi connectivity index (χ0) is 17.3. The molecule has 130 valence electrons. The van der Waals surface area contributed by atoms with E-state index < -0.39 is 9.84 Å². The van der Waals surface area contributed by atoms with Gasteiger partial charge < -0.3 is 10.2 Å². The number of carbonyl (C=O) groups is 2. The molecule has 1 aliphatic heterocycles. The number of benzene rings is 1. The number of nitrogens with one attached hydrogen (secondary N) is 1. The second kappa shape index (κ2) is 6.55. The minimum atomic E-state index is -3.41. The predicted octanol–water partition coefficient (Wildman–Crippen LogP) is 0.896. The highest BCUT2D eigenvalue weighted by Crippen LogP contribution is 2.32. The molecule has 0 aromatic heterocycles. The molecule has 1 N–H and O–H groups in total. The smallest absolute Gasteiger partial charge is 0.225 e. The lowest BCUT2D eigenvalue weighted by Gasteiger charge is -2.15. The van der Waals surface area contributed by atoms with Crippen LogP contribution < -0.4 is 5.32 Å². The van der Waals surface area contributed by atoms with Crippen LogP contribution >= 0.6 is 0 Å². The molecule has 1 aromatic carbocycles. The standard InChI is InChI=1S/C17H22N2O4S/c1-12-2-6-15(7-3-12)24(22,23)9-8-18-17(21)13-10-16(20)19(11-13)14-4-5-14/h2-3,6-7,13-14H,4-5,8-11H2,1H3,(H,18,21). The van der Waals surface area contributed by atoms with E-state index in [0.717, 1.165) is 18.4 Å². The normalized spacial score (nSPS) is 21.1. The van der Waals surface area contributed by atoms with E-state index in [1.807, 2.05) is 6.92 Å². The molecular weight excluding hydrogens is 328 g/mol. The van der Waals surface area contributed by atoms with Gasteiger partial charge in [0.05, 0.1) is 16.6 Å². The molecule has 0 spiro atoms. The number of rotatable bonds is 6. The number of aryl methyl sites for hydroxylation is 1. The van der Waals surface area contributed by atoms with Crippen molar-refractivity contribution in [2.75, 3.05) is 18.8 Å². The second-order valence-corrected chi connectivity index (χ2v) is 8.71. The van der Waals surface area contributed by atoms with Crippen LogP contribution in [-0.4, -0.2) is 50.0 Å². The molecule has 2 fully saturated rings. The van der Waals surface area contributed by atoms with Crippen molar-refractivity contribution in [3.63, 3.8) is 0 Å². The zero-order valence-corrected chi connectivity index (χ0v) is 14.5. The van der Waals surface area contributed by atoms with Crippen LogP contribution in [0.2, 0.25) is 0 Å². The number of nitrogens with zero attached hydrogens (tertiary/aromatic N) is 1. The third-order valence-corrected chi connectivity index (χ3v) is 6.30. The number of likely N-dealkylation sites (tertiary alicyclic amines) is 1. The van der Waals surface area contributed by atoms with Crippen LogP contribution in [0.25, 0.3) is 0 Å². The number of sulfone groups is 1. The van der Waals surface area contributed by atoms with Gasteiger partial charge in [-0.3, -0.25) is 9.59 Å². The van der Waals surface area contributed by atoms with Gasteiger partial charge in [-0.25, -0.2) is 8.42 Å². The van der Waals surface area contributed by atoms with Crippen molar-refractivity contribution in [3.05, 3.63) is 29.8 Å². The van der Waals surface area contributed by atoms with Crippen LogP contribution in [-0.2, 0) is 19.4 Å². The predicted molar refractivity (Wildman–Crippen MR) is 89.1 cm³/mol. The Labute approximate surface area is 142 Å². The largest absolute Gasteiger partial charge is 0.355 e. The van der Waals surface area contributed by atoms with Gasteiger partial charge in [-0.15, -0.1) is 0 Å². The van der Waals surface area contributed by atoms with Gasteiger partial charge in [-0.1, -0.05) is 17.7 Å². The molecule has 1 saturated heterocycles. The van der Waals surface area contributed by atoms with Crippen LogP contribution in [0.5, 0.6) is 0 Å². The van der Waals surface area contributed by atoms with Crippen LogP contribution in [0.15, 0.2) is 29.2 Å². The van der Waals surface area contributed by atoms with Gasteiger partial charge in [0, 0.05) is 25.6 Å². The summed E-state index contributed by atoms with van der Waals surface area (Å²) in [5.74, 6) is -0.704. The lowest BCUT2D eigenvalue weighted by Crippen LogP contribution is -2.36. The molecule has 2 amide bonds. The summed E-state index contributed by atoms with van der Waals surface area (Å²) in [4.78, 5) is 26.1. The lowest BCUT2D eigenvalue weighted by molar-refractivity contribution is -0.129. The monoisotopic (exact) mass is 350 g/mol. The highest BCUT2D eigenvalue weighted by molar-refractivity contribution is 7.91. The Morgan fingerprint density at radius 2 is 1.92 bits per heavy atom. The first kappa shape index (κ1) is 17.0. The molecule has 6 nitrogen and oxygen atoms in total. The van der Waals surface area contributed by atoms with Gasteiger partial charge >= 0.3 is 0 Å². The highest BCUT2D eigenvalue weighted by atomic mass is 32.2. The fraction of sp³-hybridized carbons (Fsp3) is 0.529. The minimum Gasteiger partial charge on any atom is -0.355 e. The van der Waals surface area contributed by atoms with Crippen molar-refractivity contribution >= 4 is 21.7 Å². The zero-order valence-electron chi connectivity index (χ0n) is 13.7. The number of carbonyl (C=O) groups excluding carboxylic acids is 2. The fourth-order valence-electron chi connectivity index (χ4n) is 2.96. The second-order valence-electron chi connectivity index (χ2n) is 6.60. The van der Waals surface area contributed by atoms with Gasteiger partial charge in [0.2, 0.25) is 11.8 Å². The Morgan fingerprint density at radius 1 is 1.25 bits per heavy atom. The maximum atomic E-state index is 12.2. The number of hydrogen-bond donors (Lipinski definition) is 1. The van der Waals surface area contributed by atoms with Crippen molar-refractivity contribution in [2.24, 2.45) is 5.92 Å². The topological polar surface area (TPSA) is 83.5 Å². The molecular formula is C17H22N2O4S. The molecule has 24 heavy (non-hydrogen) atoms. The molecule has 1 atom stereocenters. The van der Waals surface area contributed by atoms with Gasteiger partial charge in [-0.05, 0) is 31.9 Å². The maximum Gasteiger partial charge on any atom is 0.225 e. The van der Waals surface area contributed by atoms with E-state index in [2.05, 4.69) is 5.32 Å². The minimum absolute atomic E-state index is 0.0323. The SMILES string of the molecule is Cc1ccc(S(=O)(=O)CCNC(=O)C2CC(=O)N(C3CC3)C2)cc1. The summed E-state index contributed by atoms with van der Waals surface area (Å²) < 4.78 is 24.5. The quantitative estimate of drug-likeness (QED) is 0.826. The van der Waals surface area contributed by atoms with Gasteiger partial charge in [0.15, 0.2) is 9.84 Å². The summed E-state index contributed by atoms with van der Waals surface area (Å²) in [5, 5.41) is 2.67. The van der Waals surface area contributed by atoms with E-state index >= 15 is 0 Å². The summed E-state index contributed by atoms with van der Waals surface area (Å²) in [7, 11) is -3.41. The van der Waals surface area contributed by atoms with Crippen LogP contribution in [0, 0.1) is 12.8 Å². The molecule has 0 radical (unpaired) electrons. The van der Waals surface area contributed by atoms with Crippen molar-refractivity contribution in [3.8, 4) is 0 Å². The summed E-state index contributed by atoms with van der Waals surface area (Å²) in [5.41, 5.74) is 0.994. The first-order valence-electron chi connectivity index (χ1n) is 8.23. The molecule has 0 bridgehead atoms. The summed E-state index contributed by atoms with van der Waals surface area (Å²) in [6.45, 7) is 2.41. The first-order chi connectivity index (χ1) is 11.4. The van der Waals surface area contributed by atoms with E-state index in [1.165, 1.54) is 0 Å². The van der Waals surface area contributed by atoms with E-state index in [9.17, 15) is 18.0 Å². The Bertz CT molecular complexity index is 738. The molecule has 1 saturated carbocycles. The molecule has 1 unspecified atom stereocenters. The lowest BCUT2D eigenvalue weighted by atomic mass is 10.1. The van der Waals surface area contributed by atoms with Crippen LogP contribution in [0.1, 0.15) is 24.8 Å². The fourth-order valence-corrected chi connectivity index (χ4v) is 4.12. The molecule has 7 heteroatoms. The van der Waals surface area contributed by atoms with E-state index in [0.29, 0.717) is 12.6 Å². The number of amides is 2. The summed E-state index contributed by atoms with van der Waals surface area (Å²) >= 11 is 0. The summed E-state index contributed by atoms with van der Waals surface area (Å²) in [6.07, 6.45) is 2.27. The average molecular weight is 350 g/mol. The van der Waals surface area contributed by atoms with Crippen LogP contribution in [0.4, 0.5) is 0 Å². The maximum absolute atomic E-state index is 12.2. The average Bonchev–Trinajstić information content (AvgIpc) is 3.30. The van der Waals surface area contributed by atoms with Crippen molar-refractivity contribution in [2.45, 2.75) is 37.1 Å². The molecule has 3 rings (SSSR count). The Balaban J connectivity index is 1.50. The van der Waals surface area contributed by atoms with Crippen molar-refractivity contribution in [1.29, 1.82) is 0 Å². The van der Waals surface area contributed by atoms with E-state index in [1.54, 1.807) is 29.2 Å². The summed E-state index contributed by atoms with van der Waals surface area (Å²) in [6, 6.07) is 6.98. The number of hydrogen-bond acceptors (Lipinski definition) is 4. The molecule has 2 aliphatic rings.